The van der Waals surface area contributed by atoms with Crippen LogP contribution in [-0.4, -0.2) is 36.6 Å². The molecule has 2 heteroatoms. The van der Waals surface area contributed by atoms with Crippen molar-refractivity contribution in [3.8, 4) is 0 Å². The number of hydrogen-bond acceptors (Lipinski definition) is 2. The lowest BCUT2D eigenvalue weighted by Gasteiger charge is -2.36. The molecule has 1 rings (SSSR count). The van der Waals surface area contributed by atoms with Gasteiger partial charge in [0, 0.05) is 12.1 Å². The highest BCUT2D eigenvalue weighted by atomic mass is 15.1. The summed E-state index contributed by atoms with van der Waals surface area (Å²) in [4.78, 5) is 2.64. The van der Waals surface area contributed by atoms with Crippen LogP contribution in [0.15, 0.2) is 0 Å². The Kier molecular flexibility index (Phi) is 9.54. The van der Waals surface area contributed by atoms with Crippen LogP contribution in [0.3, 0.4) is 0 Å². The molecule has 2 atom stereocenters. The van der Waals surface area contributed by atoms with Crippen molar-refractivity contribution in [1.82, 2.24) is 10.2 Å². The van der Waals surface area contributed by atoms with Gasteiger partial charge in [0.25, 0.3) is 0 Å². The van der Waals surface area contributed by atoms with E-state index < -0.39 is 0 Å². The first-order chi connectivity index (χ1) is 9.67. The molecule has 1 N–H and O–H groups in total. The van der Waals surface area contributed by atoms with Crippen LogP contribution in [0.25, 0.3) is 0 Å². The highest BCUT2D eigenvalue weighted by Crippen LogP contribution is 2.21. The maximum atomic E-state index is 3.85. The molecule has 0 aromatic heterocycles. The fourth-order valence-electron chi connectivity index (χ4n) is 3.54. The molecular weight excluding hydrogens is 244 g/mol. The molecule has 20 heavy (non-hydrogen) atoms. The van der Waals surface area contributed by atoms with E-state index in [0.717, 1.165) is 5.92 Å². The summed E-state index contributed by atoms with van der Waals surface area (Å²) in [6, 6.07) is 1.38. The van der Waals surface area contributed by atoms with Crippen molar-refractivity contribution >= 4 is 0 Å². The lowest BCUT2D eigenvalue weighted by atomic mass is 9.89. The first-order valence-corrected chi connectivity index (χ1v) is 9.15. The lowest BCUT2D eigenvalue weighted by molar-refractivity contribution is 0.158. The Hall–Kier alpha value is -0.0800. The Morgan fingerprint density at radius 3 is 2.30 bits per heavy atom. The van der Waals surface area contributed by atoms with Crippen molar-refractivity contribution in [2.75, 3.05) is 19.6 Å². The summed E-state index contributed by atoms with van der Waals surface area (Å²) in [5, 5.41) is 3.85. The standard InChI is InChI=1S/C18H38N2/c1-5-7-8-9-10-16(3)19-17(4)18-11-14-20(13-6-2)15-12-18/h16-19H,5-15H2,1-4H3. The summed E-state index contributed by atoms with van der Waals surface area (Å²) in [5.41, 5.74) is 0. The third kappa shape index (κ3) is 7.08. The minimum Gasteiger partial charge on any atom is -0.312 e. The molecule has 0 saturated carbocycles. The SMILES string of the molecule is CCCCCCC(C)NC(C)C1CCN(CCC)CC1. The second kappa shape index (κ2) is 10.6. The van der Waals surface area contributed by atoms with Gasteiger partial charge in [-0.05, 0) is 65.1 Å². The van der Waals surface area contributed by atoms with Crippen molar-refractivity contribution in [3.63, 3.8) is 0 Å². The molecule has 0 bridgehead atoms. The quantitative estimate of drug-likeness (QED) is 0.596. The van der Waals surface area contributed by atoms with Gasteiger partial charge >= 0.3 is 0 Å². The van der Waals surface area contributed by atoms with Crippen molar-refractivity contribution in [3.05, 3.63) is 0 Å². The minimum absolute atomic E-state index is 0.690. The number of nitrogens with zero attached hydrogens (tertiary/aromatic N) is 1. The van der Waals surface area contributed by atoms with Gasteiger partial charge in [0.05, 0.1) is 0 Å². The molecule has 0 aromatic rings. The Morgan fingerprint density at radius 2 is 1.70 bits per heavy atom. The molecule has 120 valence electrons. The molecule has 2 unspecified atom stereocenters. The maximum absolute atomic E-state index is 3.85. The topological polar surface area (TPSA) is 15.3 Å². The summed E-state index contributed by atoms with van der Waals surface area (Å²) >= 11 is 0. The number of likely N-dealkylation sites (tertiary alicyclic amines) is 1. The van der Waals surface area contributed by atoms with E-state index in [2.05, 4.69) is 37.9 Å². The number of unbranched alkanes of at least 4 members (excludes halogenated alkanes) is 3. The van der Waals surface area contributed by atoms with Gasteiger partial charge < -0.3 is 10.2 Å². The van der Waals surface area contributed by atoms with Crippen LogP contribution in [0, 0.1) is 5.92 Å². The van der Waals surface area contributed by atoms with Crippen LogP contribution in [0.1, 0.15) is 79.1 Å². The predicted molar refractivity (Wildman–Crippen MR) is 90.3 cm³/mol. The molecule has 0 aliphatic carbocycles. The third-order valence-electron chi connectivity index (χ3n) is 4.92. The largest absolute Gasteiger partial charge is 0.312 e. The van der Waals surface area contributed by atoms with Crippen molar-refractivity contribution in [1.29, 1.82) is 0 Å². The zero-order chi connectivity index (χ0) is 14.8. The molecule has 1 aliphatic heterocycles. The van der Waals surface area contributed by atoms with Gasteiger partial charge in [-0.2, -0.15) is 0 Å². The number of piperidine rings is 1. The van der Waals surface area contributed by atoms with Crippen LogP contribution in [-0.2, 0) is 0 Å². The smallest absolute Gasteiger partial charge is 0.00704 e. The molecular formula is C18H38N2. The molecule has 1 fully saturated rings. The van der Waals surface area contributed by atoms with E-state index in [4.69, 9.17) is 0 Å². The summed E-state index contributed by atoms with van der Waals surface area (Å²) in [6.07, 6.45) is 11.0. The van der Waals surface area contributed by atoms with E-state index in [9.17, 15) is 0 Å². The Labute approximate surface area is 127 Å². The predicted octanol–water partition coefficient (Wildman–Crippen LogP) is 4.45. The molecule has 0 radical (unpaired) electrons. The Morgan fingerprint density at radius 1 is 1.00 bits per heavy atom. The monoisotopic (exact) mass is 282 g/mol. The van der Waals surface area contributed by atoms with Crippen LogP contribution in [0.2, 0.25) is 0 Å². The first kappa shape index (κ1) is 18.0. The fourth-order valence-corrected chi connectivity index (χ4v) is 3.54. The molecule has 0 amide bonds. The van der Waals surface area contributed by atoms with Gasteiger partial charge in [-0.15, -0.1) is 0 Å². The summed E-state index contributed by atoms with van der Waals surface area (Å²) < 4.78 is 0. The van der Waals surface area contributed by atoms with E-state index in [1.54, 1.807) is 0 Å². The van der Waals surface area contributed by atoms with Gasteiger partial charge in [0.1, 0.15) is 0 Å². The van der Waals surface area contributed by atoms with Gasteiger partial charge in [0.15, 0.2) is 0 Å². The van der Waals surface area contributed by atoms with Crippen LogP contribution < -0.4 is 5.32 Å². The average Bonchev–Trinajstić information content (AvgIpc) is 2.45. The zero-order valence-electron chi connectivity index (χ0n) is 14.5. The summed E-state index contributed by atoms with van der Waals surface area (Å²) in [5.74, 6) is 0.890. The minimum atomic E-state index is 0.690. The van der Waals surface area contributed by atoms with Crippen molar-refractivity contribution in [2.24, 2.45) is 5.92 Å². The van der Waals surface area contributed by atoms with Gasteiger partial charge in [-0.1, -0.05) is 39.5 Å². The lowest BCUT2D eigenvalue weighted by Crippen LogP contribution is -2.44. The molecule has 1 heterocycles. The zero-order valence-corrected chi connectivity index (χ0v) is 14.5. The number of hydrogen-bond donors (Lipinski definition) is 1. The van der Waals surface area contributed by atoms with E-state index in [1.165, 1.54) is 71.0 Å². The Bertz CT molecular complexity index is 221. The highest BCUT2D eigenvalue weighted by Gasteiger charge is 2.23. The second-order valence-corrected chi connectivity index (χ2v) is 6.88. The molecule has 0 aromatic carbocycles. The van der Waals surface area contributed by atoms with E-state index in [1.807, 2.05) is 0 Å². The maximum Gasteiger partial charge on any atom is 0.00704 e. The molecule has 0 spiro atoms. The molecule has 1 aliphatic rings. The van der Waals surface area contributed by atoms with E-state index in [-0.39, 0.29) is 0 Å². The molecule has 2 nitrogen and oxygen atoms in total. The summed E-state index contributed by atoms with van der Waals surface area (Å²) in [6.45, 7) is 13.3. The van der Waals surface area contributed by atoms with E-state index >= 15 is 0 Å². The number of rotatable bonds is 10. The highest BCUT2D eigenvalue weighted by molar-refractivity contribution is 4.81. The van der Waals surface area contributed by atoms with Crippen molar-refractivity contribution < 1.29 is 0 Å². The summed E-state index contributed by atoms with van der Waals surface area (Å²) in [7, 11) is 0. The van der Waals surface area contributed by atoms with Gasteiger partial charge in [-0.25, -0.2) is 0 Å². The van der Waals surface area contributed by atoms with Gasteiger partial charge in [0.2, 0.25) is 0 Å². The van der Waals surface area contributed by atoms with E-state index in [0.29, 0.717) is 12.1 Å². The first-order valence-electron chi connectivity index (χ1n) is 9.15. The van der Waals surface area contributed by atoms with Crippen LogP contribution >= 0.6 is 0 Å². The van der Waals surface area contributed by atoms with Crippen molar-refractivity contribution in [2.45, 2.75) is 91.1 Å². The van der Waals surface area contributed by atoms with Crippen LogP contribution in [0.4, 0.5) is 0 Å². The van der Waals surface area contributed by atoms with Crippen LogP contribution in [0.5, 0.6) is 0 Å². The fraction of sp³-hybridized carbons (Fsp3) is 1.00. The third-order valence-corrected chi connectivity index (χ3v) is 4.92. The molecule has 1 saturated heterocycles. The van der Waals surface area contributed by atoms with Gasteiger partial charge in [-0.3, -0.25) is 0 Å². The normalized spacial score (nSPS) is 21.0. The number of nitrogens with one attached hydrogen (secondary N) is 1. The second-order valence-electron chi connectivity index (χ2n) is 6.88. The average molecular weight is 283 g/mol. The Balaban J connectivity index is 2.14.